The number of amides is 1. The summed E-state index contributed by atoms with van der Waals surface area (Å²) in [6, 6.07) is 11.0. The number of carbonyl (C=O) groups excluding carboxylic acids is 1. The SMILES string of the molecule is COC[C@H](Cc1ccccc1)Nc1cc(C(=O)Nc2nnc(/[NH+]=C(C)/C=C\N)s2)oc(=O)c1OC. The molecule has 1 atom stereocenters. The molecule has 0 aliphatic rings. The molecule has 0 bridgehead atoms. The van der Waals surface area contributed by atoms with Crippen molar-refractivity contribution in [1.29, 1.82) is 0 Å². The Balaban J connectivity index is 1.81. The zero-order valence-corrected chi connectivity index (χ0v) is 20.3. The highest BCUT2D eigenvalue weighted by atomic mass is 32.1. The number of allylic oxidation sites excluding steroid dienone is 1. The highest BCUT2D eigenvalue weighted by molar-refractivity contribution is 7.18. The third-order valence-electron chi connectivity index (χ3n) is 4.68. The van der Waals surface area contributed by atoms with Crippen LogP contribution < -0.4 is 31.7 Å². The van der Waals surface area contributed by atoms with Crippen molar-refractivity contribution in [2.45, 2.75) is 19.4 Å². The van der Waals surface area contributed by atoms with Crippen LogP contribution in [0.4, 0.5) is 16.0 Å². The molecular weight excluding hydrogens is 472 g/mol. The molecule has 0 unspecified atom stereocenters. The number of carbonyl (C=O) groups is 1. The highest BCUT2D eigenvalue weighted by Crippen LogP contribution is 2.24. The van der Waals surface area contributed by atoms with Gasteiger partial charge in [-0.05, 0) is 47.6 Å². The summed E-state index contributed by atoms with van der Waals surface area (Å²) in [5, 5.41) is 14.4. The Kier molecular flexibility index (Phi) is 9.09. The Hall–Kier alpha value is -4.03. The minimum absolute atomic E-state index is 0.0444. The molecule has 1 amide bonds. The maximum atomic E-state index is 12.8. The molecular formula is C23H27N6O5S+. The molecule has 0 aliphatic carbocycles. The zero-order valence-electron chi connectivity index (χ0n) is 19.5. The second-order valence-electron chi connectivity index (χ2n) is 7.36. The molecule has 0 spiro atoms. The maximum Gasteiger partial charge on any atom is 0.409 e. The van der Waals surface area contributed by atoms with Crippen LogP contribution in [0, 0.1) is 0 Å². The van der Waals surface area contributed by atoms with Crippen LogP contribution >= 0.6 is 11.3 Å². The Morgan fingerprint density at radius 2 is 2.06 bits per heavy atom. The molecule has 3 rings (SSSR count). The van der Waals surface area contributed by atoms with Crippen molar-refractivity contribution in [3.05, 3.63) is 70.4 Å². The number of ether oxygens (including phenoxy) is 2. The van der Waals surface area contributed by atoms with Gasteiger partial charge in [0.15, 0.2) is 5.76 Å². The summed E-state index contributed by atoms with van der Waals surface area (Å²) < 4.78 is 15.8. The number of benzene rings is 1. The van der Waals surface area contributed by atoms with E-state index in [9.17, 15) is 9.59 Å². The van der Waals surface area contributed by atoms with E-state index in [-0.39, 0.29) is 22.7 Å². The summed E-state index contributed by atoms with van der Waals surface area (Å²) in [4.78, 5) is 28.3. The smallest absolute Gasteiger partial charge is 0.409 e. The molecule has 1 aromatic carbocycles. The fourth-order valence-corrected chi connectivity index (χ4v) is 3.91. The van der Waals surface area contributed by atoms with Gasteiger partial charge in [-0.1, -0.05) is 30.3 Å². The average molecular weight is 500 g/mol. The van der Waals surface area contributed by atoms with Gasteiger partial charge in [0.05, 0.1) is 30.5 Å². The first-order chi connectivity index (χ1) is 16.9. The predicted molar refractivity (Wildman–Crippen MR) is 133 cm³/mol. The summed E-state index contributed by atoms with van der Waals surface area (Å²) >= 11 is 1.11. The van der Waals surface area contributed by atoms with Crippen molar-refractivity contribution in [2.75, 3.05) is 31.5 Å². The fraction of sp³-hybridized carbons (Fsp3) is 0.261. The van der Waals surface area contributed by atoms with Gasteiger partial charge in [-0.15, -0.1) is 0 Å². The Labute approximate surface area is 205 Å². The van der Waals surface area contributed by atoms with Gasteiger partial charge in [0.1, 0.15) is 5.71 Å². The monoisotopic (exact) mass is 499 g/mol. The molecule has 0 fully saturated rings. The minimum atomic E-state index is -0.794. The topological polar surface area (TPSA) is 156 Å². The molecule has 12 heteroatoms. The van der Waals surface area contributed by atoms with E-state index in [0.717, 1.165) is 22.6 Å². The number of nitrogens with two attached hydrogens (primary N) is 1. The van der Waals surface area contributed by atoms with Gasteiger partial charge in [-0.3, -0.25) is 10.1 Å². The molecule has 0 saturated heterocycles. The predicted octanol–water partition coefficient (Wildman–Crippen LogP) is 1.07. The van der Waals surface area contributed by atoms with Gasteiger partial charge in [0.2, 0.25) is 10.9 Å². The highest BCUT2D eigenvalue weighted by Gasteiger charge is 2.22. The summed E-state index contributed by atoms with van der Waals surface area (Å²) in [5.41, 5.74) is 6.71. The van der Waals surface area contributed by atoms with Crippen LogP contribution in [-0.4, -0.2) is 48.7 Å². The van der Waals surface area contributed by atoms with Crippen LogP contribution in [0.3, 0.4) is 0 Å². The van der Waals surface area contributed by atoms with E-state index in [4.69, 9.17) is 19.6 Å². The van der Waals surface area contributed by atoms with Gasteiger partial charge in [-0.2, -0.15) is 0 Å². The standard InChI is InChI=1S/C23H26N6O5S/c1-14(9-10-24)25-22-28-29-23(35-22)27-20(30)18-12-17(19(33-3)21(31)34-18)26-16(13-32-2)11-15-7-5-4-6-8-15/h4-10,12,16,26H,11,13,24H2,1-3H3,(H,27,29,30)/p+1/b10-9-,25-14+/t16-/m0/s1. The molecule has 0 aliphatic heterocycles. The lowest BCUT2D eigenvalue weighted by molar-refractivity contribution is -0.353. The summed E-state index contributed by atoms with van der Waals surface area (Å²) in [5.74, 6) is -0.922. The fourth-order valence-electron chi connectivity index (χ4n) is 3.20. The van der Waals surface area contributed by atoms with E-state index in [1.807, 2.05) is 30.3 Å². The first kappa shape index (κ1) is 25.6. The van der Waals surface area contributed by atoms with Crippen LogP contribution in [-0.2, 0) is 11.2 Å². The lowest BCUT2D eigenvalue weighted by Crippen LogP contribution is -2.65. The molecule has 184 valence electrons. The number of anilines is 2. The van der Waals surface area contributed by atoms with Crippen LogP contribution in [0.25, 0.3) is 0 Å². The summed E-state index contributed by atoms with van der Waals surface area (Å²) in [6.45, 7) is 2.16. The zero-order chi connectivity index (χ0) is 25.2. The largest absolute Gasteiger partial charge is 0.488 e. The van der Waals surface area contributed by atoms with E-state index in [1.54, 1.807) is 20.1 Å². The van der Waals surface area contributed by atoms with E-state index in [2.05, 4.69) is 25.8 Å². The number of nitrogens with zero attached hydrogens (tertiary/aromatic N) is 2. The van der Waals surface area contributed by atoms with Crippen LogP contribution in [0.2, 0.25) is 0 Å². The maximum absolute atomic E-state index is 12.8. The van der Waals surface area contributed by atoms with Crippen molar-refractivity contribution in [1.82, 2.24) is 10.2 Å². The third kappa shape index (κ3) is 7.22. The van der Waals surface area contributed by atoms with Crippen LogP contribution in [0.15, 0.2) is 57.9 Å². The van der Waals surface area contributed by atoms with Crippen molar-refractivity contribution >= 4 is 38.9 Å². The Bertz CT molecular complexity index is 1250. The van der Waals surface area contributed by atoms with Crippen molar-refractivity contribution in [3.8, 4) is 5.75 Å². The first-order valence-electron chi connectivity index (χ1n) is 10.6. The van der Waals surface area contributed by atoms with Crippen molar-refractivity contribution < 1.29 is 23.7 Å². The van der Waals surface area contributed by atoms with Crippen molar-refractivity contribution in [3.63, 3.8) is 0 Å². The average Bonchev–Trinajstić information content (AvgIpc) is 3.26. The van der Waals surface area contributed by atoms with Crippen LogP contribution in [0.1, 0.15) is 23.0 Å². The number of aromatic nitrogens is 2. The van der Waals surface area contributed by atoms with Gasteiger partial charge in [0.25, 0.3) is 5.91 Å². The molecule has 5 N–H and O–H groups in total. The molecule has 3 aromatic rings. The minimum Gasteiger partial charge on any atom is -0.488 e. The molecule has 0 saturated carbocycles. The molecule has 11 nitrogen and oxygen atoms in total. The van der Waals surface area contributed by atoms with Crippen molar-refractivity contribution in [2.24, 2.45) is 5.73 Å². The number of hydrogen-bond donors (Lipinski definition) is 4. The van der Waals surface area contributed by atoms with E-state index in [0.29, 0.717) is 23.8 Å². The van der Waals surface area contributed by atoms with Gasteiger partial charge in [-0.25, -0.2) is 9.79 Å². The molecule has 35 heavy (non-hydrogen) atoms. The van der Waals surface area contributed by atoms with Gasteiger partial charge in [0, 0.05) is 13.2 Å². The van der Waals surface area contributed by atoms with E-state index < -0.39 is 11.5 Å². The lowest BCUT2D eigenvalue weighted by atomic mass is 10.1. The third-order valence-corrected chi connectivity index (χ3v) is 5.44. The summed E-state index contributed by atoms with van der Waals surface area (Å²) in [6.07, 6.45) is 3.67. The number of nitrogens with one attached hydrogen (secondary N) is 3. The first-order valence-corrected chi connectivity index (χ1v) is 11.4. The quantitative estimate of drug-likeness (QED) is 0.283. The van der Waals surface area contributed by atoms with Gasteiger partial charge >= 0.3 is 10.8 Å². The van der Waals surface area contributed by atoms with E-state index in [1.165, 1.54) is 19.4 Å². The Morgan fingerprint density at radius 1 is 1.29 bits per heavy atom. The number of rotatable bonds is 11. The molecule has 0 radical (unpaired) electrons. The summed E-state index contributed by atoms with van der Waals surface area (Å²) in [7, 11) is 2.94. The molecule has 2 aromatic heterocycles. The van der Waals surface area contributed by atoms with Gasteiger partial charge < -0.3 is 24.9 Å². The second-order valence-corrected chi connectivity index (χ2v) is 8.34. The second kappa shape index (κ2) is 12.4. The van der Waals surface area contributed by atoms with Crippen LogP contribution in [0.5, 0.6) is 5.75 Å². The number of methoxy groups -OCH3 is 2. The Morgan fingerprint density at radius 3 is 2.74 bits per heavy atom. The normalized spacial score (nSPS) is 12.5. The number of hydrogen-bond acceptors (Lipinski definition) is 10. The van der Waals surface area contributed by atoms with E-state index >= 15 is 0 Å². The lowest BCUT2D eigenvalue weighted by Gasteiger charge is -2.20. The molecule has 2 heterocycles.